The summed E-state index contributed by atoms with van der Waals surface area (Å²) in [5.74, 6) is -0.914. The summed E-state index contributed by atoms with van der Waals surface area (Å²) in [7, 11) is 0. The zero-order valence-corrected chi connectivity index (χ0v) is 24.6. The van der Waals surface area contributed by atoms with Gasteiger partial charge in [-0.15, -0.1) is 0 Å². The van der Waals surface area contributed by atoms with Gasteiger partial charge in [-0.1, -0.05) is 51.1 Å². The Bertz CT molecular complexity index is 1110. The van der Waals surface area contributed by atoms with E-state index in [1.807, 2.05) is 26.8 Å². The van der Waals surface area contributed by atoms with Crippen molar-refractivity contribution in [2.75, 3.05) is 13.1 Å². The van der Waals surface area contributed by atoms with Gasteiger partial charge in [0.1, 0.15) is 35.8 Å². The van der Waals surface area contributed by atoms with E-state index in [0.717, 1.165) is 6.42 Å². The predicted octanol–water partition coefficient (Wildman–Crippen LogP) is 0.634. The fourth-order valence-electron chi connectivity index (χ4n) is 5.06. The van der Waals surface area contributed by atoms with Gasteiger partial charge in [-0.05, 0) is 57.6 Å². The Morgan fingerprint density at radius 1 is 1.10 bits per heavy atom. The van der Waals surface area contributed by atoms with E-state index in [1.165, 1.54) is 0 Å². The van der Waals surface area contributed by atoms with Crippen molar-refractivity contribution in [3.05, 3.63) is 35.9 Å². The van der Waals surface area contributed by atoms with Gasteiger partial charge in [-0.25, -0.2) is 0 Å². The van der Waals surface area contributed by atoms with Crippen molar-refractivity contribution in [1.29, 1.82) is 0 Å². The first-order chi connectivity index (χ1) is 19.5. The summed E-state index contributed by atoms with van der Waals surface area (Å²) in [4.78, 5) is 59.8. The van der Waals surface area contributed by atoms with Gasteiger partial charge in [0.15, 0.2) is 0 Å². The van der Waals surface area contributed by atoms with Gasteiger partial charge in [-0.3, -0.25) is 34.4 Å². The minimum Gasteiger partial charge on any atom is -0.354 e. The molecule has 3 rings (SSSR count). The zero-order chi connectivity index (χ0) is 30.2. The third-order valence-corrected chi connectivity index (χ3v) is 7.58. The van der Waals surface area contributed by atoms with Crippen LogP contribution in [-0.4, -0.2) is 71.4 Å². The average Bonchev–Trinajstić information content (AvgIpc) is 3.52. The number of benzene rings is 1. The molecule has 0 saturated carbocycles. The standard InChI is InChI=1S/C29H46N8O4/c1-5-20-23(38)36-22(19-12-7-6-8-13-19)25(40)32-16-10-9-15-29(4)27(37(29)26(41)18(2)3)35-21(24(39)34-20)14-11-17-33-28(30)31/h6-8,12-13,18,20-22,28,33H,5,9-11,14-17,30-31H2,1-4H3,(H,32,40)(H,34,39)(H,36,38)/t20-,21-,22+,29+,37?/m1/s1. The summed E-state index contributed by atoms with van der Waals surface area (Å²) in [5.41, 5.74) is 11.2. The van der Waals surface area contributed by atoms with Crippen LogP contribution in [0.15, 0.2) is 35.3 Å². The van der Waals surface area contributed by atoms with Gasteiger partial charge >= 0.3 is 0 Å². The number of nitrogens with two attached hydrogens (primary N) is 2. The van der Waals surface area contributed by atoms with Crippen molar-refractivity contribution in [1.82, 2.24) is 26.2 Å². The fourth-order valence-corrected chi connectivity index (χ4v) is 5.06. The number of fused-ring (bicyclic) bond motifs is 1. The molecule has 0 spiro atoms. The molecule has 2 heterocycles. The molecule has 8 N–H and O–H groups in total. The molecule has 2 aliphatic heterocycles. The first kappa shape index (κ1) is 32.2. The van der Waals surface area contributed by atoms with E-state index in [9.17, 15) is 19.2 Å². The molecule has 41 heavy (non-hydrogen) atoms. The highest BCUT2D eigenvalue weighted by Crippen LogP contribution is 2.42. The smallest absolute Gasteiger partial charge is 0.247 e. The van der Waals surface area contributed by atoms with Crippen molar-refractivity contribution in [3.8, 4) is 0 Å². The highest BCUT2D eigenvalue weighted by molar-refractivity contribution is 6.18. The van der Waals surface area contributed by atoms with E-state index in [-0.39, 0.29) is 17.7 Å². The van der Waals surface area contributed by atoms with Crippen LogP contribution in [-0.2, 0) is 19.2 Å². The number of rotatable bonds is 8. The van der Waals surface area contributed by atoms with Crippen LogP contribution >= 0.6 is 0 Å². The number of nitrogens with one attached hydrogen (secondary N) is 4. The van der Waals surface area contributed by atoms with E-state index in [0.29, 0.717) is 56.6 Å². The molecule has 12 nitrogen and oxygen atoms in total. The van der Waals surface area contributed by atoms with Crippen LogP contribution in [0.4, 0.5) is 0 Å². The topological polar surface area (TPSA) is 184 Å². The van der Waals surface area contributed by atoms with Crippen LogP contribution in [0.2, 0.25) is 0 Å². The van der Waals surface area contributed by atoms with E-state index < -0.39 is 41.8 Å². The minimum atomic E-state index is -0.908. The number of carbonyl (C=O) groups is 4. The molecule has 12 heteroatoms. The second-order valence-electron chi connectivity index (χ2n) is 11.3. The highest BCUT2D eigenvalue weighted by atomic mass is 16.2. The lowest BCUT2D eigenvalue weighted by Crippen LogP contribution is -2.52. The zero-order valence-electron chi connectivity index (χ0n) is 24.6. The van der Waals surface area contributed by atoms with Gasteiger partial charge in [0, 0.05) is 12.5 Å². The third-order valence-electron chi connectivity index (χ3n) is 7.58. The Balaban J connectivity index is 1.92. The van der Waals surface area contributed by atoms with Crippen LogP contribution < -0.4 is 32.7 Å². The number of aliphatic imine (C=N–C) groups is 1. The Morgan fingerprint density at radius 2 is 1.80 bits per heavy atom. The van der Waals surface area contributed by atoms with Gasteiger partial charge in [0.25, 0.3) is 0 Å². The second kappa shape index (κ2) is 14.5. The van der Waals surface area contributed by atoms with Crippen molar-refractivity contribution < 1.29 is 19.2 Å². The van der Waals surface area contributed by atoms with E-state index in [4.69, 9.17) is 16.5 Å². The van der Waals surface area contributed by atoms with E-state index in [1.54, 1.807) is 36.1 Å². The van der Waals surface area contributed by atoms with Crippen molar-refractivity contribution >= 4 is 29.5 Å². The molecule has 1 fully saturated rings. The Labute approximate surface area is 242 Å². The quantitative estimate of drug-likeness (QED) is 0.150. The molecule has 1 saturated heterocycles. The maximum atomic E-state index is 13.6. The average molecular weight is 571 g/mol. The lowest BCUT2D eigenvalue weighted by atomic mass is 10.0. The minimum absolute atomic E-state index is 0.0519. The van der Waals surface area contributed by atoms with Crippen LogP contribution in [0.25, 0.3) is 0 Å². The molecule has 0 unspecified atom stereocenters. The van der Waals surface area contributed by atoms with Gasteiger partial charge < -0.3 is 27.4 Å². The summed E-state index contributed by atoms with van der Waals surface area (Å²) in [6.45, 7) is 8.32. The number of hydrogen-bond acceptors (Lipinski definition) is 8. The van der Waals surface area contributed by atoms with Crippen molar-refractivity contribution in [3.63, 3.8) is 0 Å². The molecular formula is C29H46N8O4. The first-order valence-electron chi connectivity index (χ1n) is 14.6. The summed E-state index contributed by atoms with van der Waals surface area (Å²) in [5, 5.41) is 11.5. The highest BCUT2D eigenvalue weighted by Gasteiger charge is 2.59. The summed E-state index contributed by atoms with van der Waals surface area (Å²) >= 11 is 0. The summed E-state index contributed by atoms with van der Waals surface area (Å²) in [6, 6.07) is 6.40. The lowest BCUT2D eigenvalue weighted by Gasteiger charge is -2.24. The van der Waals surface area contributed by atoms with Crippen LogP contribution in [0.5, 0.6) is 0 Å². The van der Waals surface area contributed by atoms with Gasteiger partial charge in [0.05, 0.1) is 0 Å². The molecule has 1 aromatic rings. The van der Waals surface area contributed by atoms with Gasteiger partial charge in [0.2, 0.25) is 23.6 Å². The normalized spacial score (nSPS) is 26.1. The Hall–Kier alpha value is -3.35. The second-order valence-corrected chi connectivity index (χ2v) is 11.3. The molecule has 0 aromatic heterocycles. The molecule has 0 radical (unpaired) electrons. The molecule has 0 bridgehead atoms. The van der Waals surface area contributed by atoms with Crippen LogP contribution in [0.3, 0.4) is 0 Å². The van der Waals surface area contributed by atoms with Crippen molar-refractivity contribution in [2.45, 2.75) is 96.2 Å². The molecule has 4 amide bonds. The molecular weight excluding hydrogens is 524 g/mol. The number of carbonyl (C=O) groups excluding carboxylic acids is 4. The van der Waals surface area contributed by atoms with E-state index >= 15 is 0 Å². The SMILES string of the molecule is CC[C@H]1NC(=O)[C@@H](CCCNC(N)N)N=C2N(C(=O)C(C)C)[C@@]2(C)CCCCNC(=O)[C@H](c2ccccc2)NC1=O. The lowest BCUT2D eigenvalue weighted by molar-refractivity contribution is -0.132. The molecule has 0 aliphatic carbocycles. The van der Waals surface area contributed by atoms with Gasteiger partial charge in [-0.2, -0.15) is 0 Å². The Morgan fingerprint density at radius 3 is 2.44 bits per heavy atom. The largest absolute Gasteiger partial charge is 0.354 e. The maximum Gasteiger partial charge on any atom is 0.247 e. The third kappa shape index (κ3) is 8.34. The van der Waals surface area contributed by atoms with Crippen LogP contribution in [0, 0.1) is 5.92 Å². The monoisotopic (exact) mass is 570 g/mol. The molecule has 1 aromatic carbocycles. The first-order valence-corrected chi connectivity index (χ1v) is 14.6. The predicted molar refractivity (Wildman–Crippen MR) is 157 cm³/mol. The number of hydrogen-bond donors (Lipinski definition) is 6. The fraction of sp³-hybridized carbons (Fsp3) is 0.621. The number of nitrogens with zero attached hydrogens (tertiary/aromatic N) is 2. The molecule has 4 atom stereocenters. The summed E-state index contributed by atoms with van der Waals surface area (Å²) in [6.07, 6.45) is 2.60. The maximum absolute atomic E-state index is 13.6. The number of amides is 4. The van der Waals surface area contributed by atoms with Crippen LogP contribution in [0.1, 0.15) is 77.8 Å². The molecule has 226 valence electrons. The molecule has 2 aliphatic rings. The summed E-state index contributed by atoms with van der Waals surface area (Å²) < 4.78 is 0. The van der Waals surface area contributed by atoms with E-state index in [2.05, 4.69) is 21.3 Å². The Kier molecular flexibility index (Phi) is 11.4. The number of amidine groups is 1. The van der Waals surface area contributed by atoms with Crippen molar-refractivity contribution in [2.24, 2.45) is 22.4 Å².